The first kappa shape index (κ1) is 10.7. The monoisotopic (exact) mass is 198 g/mol. The van der Waals surface area contributed by atoms with Gasteiger partial charge in [0.2, 0.25) is 5.91 Å². The van der Waals surface area contributed by atoms with Crippen molar-refractivity contribution in [1.82, 2.24) is 0 Å². The van der Waals surface area contributed by atoms with Crippen molar-refractivity contribution in [3.8, 4) is 12.1 Å². The lowest BCUT2D eigenvalue weighted by Gasteiger charge is -2.04. The number of rotatable bonds is 3. The van der Waals surface area contributed by atoms with Crippen LogP contribution in [0.5, 0.6) is 0 Å². The molecule has 2 N–H and O–H groups in total. The number of benzene rings is 1. The van der Waals surface area contributed by atoms with E-state index >= 15 is 0 Å². The molecule has 0 saturated heterocycles. The molecule has 0 aliphatic carbocycles. The van der Waals surface area contributed by atoms with Crippen LogP contribution in [0, 0.1) is 29.1 Å². The lowest BCUT2D eigenvalue weighted by molar-refractivity contribution is 0.0999. The molecule has 1 rings (SSSR count). The van der Waals surface area contributed by atoms with E-state index in [9.17, 15) is 4.79 Å². The number of nitrogens with two attached hydrogens (primary N) is 1. The Hall–Kier alpha value is -2.33. The summed E-state index contributed by atoms with van der Waals surface area (Å²) in [5.74, 6) is -0.589. The van der Waals surface area contributed by atoms with Crippen molar-refractivity contribution in [1.29, 1.82) is 10.5 Å². The molecular formula is C11H8N3O. The Balaban J connectivity index is 3.12. The molecule has 73 valence electrons. The van der Waals surface area contributed by atoms with E-state index in [4.69, 9.17) is 16.3 Å². The molecule has 15 heavy (non-hydrogen) atoms. The largest absolute Gasteiger partial charge is 0.366 e. The second-order valence-electron chi connectivity index (χ2n) is 2.89. The van der Waals surface area contributed by atoms with Gasteiger partial charge in [-0.25, -0.2) is 0 Å². The topological polar surface area (TPSA) is 90.7 Å². The third-order valence-corrected chi connectivity index (χ3v) is 1.92. The number of carbonyl (C=O) groups is 1. The normalized spacial score (nSPS) is 8.93. The fraction of sp³-hybridized carbons (Fsp3) is 0.0909. The fourth-order valence-electron chi connectivity index (χ4n) is 1.21. The third-order valence-electron chi connectivity index (χ3n) is 1.92. The van der Waals surface area contributed by atoms with E-state index < -0.39 is 5.91 Å². The summed E-state index contributed by atoms with van der Waals surface area (Å²) in [5, 5.41) is 17.0. The van der Waals surface area contributed by atoms with E-state index in [0.29, 0.717) is 23.1 Å². The van der Waals surface area contributed by atoms with Crippen LogP contribution in [0.15, 0.2) is 18.2 Å². The molecule has 0 unspecified atom stereocenters. The molecule has 0 aromatic heterocycles. The third kappa shape index (κ3) is 2.55. The first-order valence-corrected chi connectivity index (χ1v) is 4.23. The summed E-state index contributed by atoms with van der Waals surface area (Å²) >= 11 is 0. The number of nitrogens with zero attached hydrogens (tertiary/aromatic N) is 2. The van der Waals surface area contributed by atoms with Gasteiger partial charge in [0.1, 0.15) is 0 Å². The Labute approximate surface area is 87.5 Å². The van der Waals surface area contributed by atoms with Crippen LogP contribution >= 0.6 is 0 Å². The van der Waals surface area contributed by atoms with Crippen LogP contribution in [0.25, 0.3) is 0 Å². The molecule has 4 heteroatoms. The van der Waals surface area contributed by atoms with Gasteiger partial charge in [-0.05, 0) is 24.1 Å². The Morgan fingerprint density at radius 3 is 2.73 bits per heavy atom. The summed E-state index contributed by atoms with van der Waals surface area (Å²) < 4.78 is 0. The van der Waals surface area contributed by atoms with Gasteiger partial charge in [-0.1, -0.05) is 6.07 Å². The lowest BCUT2D eigenvalue weighted by atomic mass is 10.0. The highest BCUT2D eigenvalue weighted by atomic mass is 16.1. The molecule has 0 fully saturated rings. The number of nitriles is 2. The van der Waals surface area contributed by atoms with Crippen LogP contribution in [0.1, 0.15) is 21.5 Å². The van der Waals surface area contributed by atoms with E-state index in [1.54, 1.807) is 12.1 Å². The molecule has 0 saturated carbocycles. The molecule has 1 aromatic carbocycles. The molecule has 0 aliphatic heterocycles. The van der Waals surface area contributed by atoms with Gasteiger partial charge >= 0.3 is 0 Å². The number of primary amides is 1. The van der Waals surface area contributed by atoms with Crippen molar-refractivity contribution >= 4 is 5.91 Å². The minimum Gasteiger partial charge on any atom is -0.366 e. The van der Waals surface area contributed by atoms with Gasteiger partial charge in [0, 0.05) is 5.56 Å². The Kier molecular flexibility index (Phi) is 3.43. The summed E-state index contributed by atoms with van der Waals surface area (Å²) in [5.41, 5.74) is 6.49. The van der Waals surface area contributed by atoms with Crippen LogP contribution in [0.4, 0.5) is 0 Å². The fourth-order valence-corrected chi connectivity index (χ4v) is 1.21. The van der Waals surface area contributed by atoms with E-state index in [1.807, 2.05) is 12.1 Å². The molecule has 0 heterocycles. The van der Waals surface area contributed by atoms with E-state index in [2.05, 4.69) is 0 Å². The maximum Gasteiger partial charge on any atom is 0.249 e. The van der Waals surface area contributed by atoms with Gasteiger partial charge < -0.3 is 5.73 Å². The molecular weight excluding hydrogens is 190 g/mol. The molecule has 4 nitrogen and oxygen atoms in total. The van der Waals surface area contributed by atoms with Gasteiger partial charge in [-0.15, -0.1) is 0 Å². The Morgan fingerprint density at radius 1 is 1.47 bits per heavy atom. The molecule has 1 amide bonds. The minimum absolute atomic E-state index is 0.292. The van der Waals surface area contributed by atoms with Crippen LogP contribution in [0.3, 0.4) is 0 Å². The van der Waals surface area contributed by atoms with Gasteiger partial charge in [0.15, 0.2) is 0 Å². The average Bonchev–Trinajstić information content (AvgIpc) is 2.26. The summed E-state index contributed by atoms with van der Waals surface area (Å²) in [7, 11) is 0. The van der Waals surface area contributed by atoms with Gasteiger partial charge in [-0.3, -0.25) is 4.79 Å². The van der Waals surface area contributed by atoms with Crippen LogP contribution in [0.2, 0.25) is 0 Å². The molecule has 0 atom stereocenters. The predicted octanol–water partition coefficient (Wildman–Crippen LogP) is 0.928. The highest BCUT2D eigenvalue weighted by molar-refractivity contribution is 5.94. The highest BCUT2D eigenvalue weighted by Crippen LogP contribution is 2.12. The van der Waals surface area contributed by atoms with Crippen molar-refractivity contribution in [3.05, 3.63) is 41.3 Å². The Bertz CT molecular complexity index is 466. The predicted molar refractivity (Wildman–Crippen MR) is 53.3 cm³/mol. The zero-order valence-corrected chi connectivity index (χ0v) is 7.90. The number of hydrogen-bond donors (Lipinski definition) is 1. The highest BCUT2D eigenvalue weighted by Gasteiger charge is 2.08. The van der Waals surface area contributed by atoms with Crippen LogP contribution in [-0.2, 0) is 6.42 Å². The van der Waals surface area contributed by atoms with Crippen molar-refractivity contribution in [3.63, 3.8) is 0 Å². The quantitative estimate of drug-likeness (QED) is 0.783. The number of amides is 1. The smallest absolute Gasteiger partial charge is 0.249 e. The van der Waals surface area contributed by atoms with Crippen molar-refractivity contribution in [2.75, 3.05) is 0 Å². The summed E-state index contributed by atoms with van der Waals surface area (Å²) in [6.45, 7) is 0. The maximum atomic E-state index is 11.1. The number of carbonyl (C=O) groups excluding carboxylic acids is 1. The SMILES string of the molecule is N#C[CH]Cc1ccc(C#N)cc1C(N)=O. The van der Waals surface area contributed by atoms with Gasteiger partial charge in [0.05, 0.1) is 24.1 Å². The molecule has 0 bridgehead atoms. The second-order valence-corrected chi connectivity index (χ2v) is 2.89. The van der Waals surface area contributed by atoms with Crippen molar-refractivity contribution in [2.24, 2.45) is 5.73 Å². The van der Waals surface area contributed by atoms with Crippen molar-refractivity contribution in [2.45, 2.75) is 6.42 Å². The molecule has 1 aromatic rings. The van der Waals surface area contributed by atoms with Crippen molar-refractivity contribution < 1.29 is 4.79 Å². The molecule has 0 aliphatic rings. The van der Waals surface area contributed by atoms with Crippen LogP contribution in [-0.4, -0.2) is 5.91 Å². The van der Waals surface area contributed by atoms with E-state index in [1.165, 1.54) is 12.5 Å². The number of hydrogen-bond acceptors (Lipinski definition) is 3. The van der Waals surface area contributed by atoms with E-state index in [0.717, 1.165) is 0 Å². The zero-order valence-electron chi connectivity index (χ0n) is 7.90. The standard InChI is InChI=1S/C11H8N3O/c12-5-1-2-9-4-3-8(7-13)6-10(9)11(14)15/h1,3-4,6H,2H2,(H2,14,15). The van der Waals surface area contributed by atoms with Crippen LogP contribution < -0.4 is 5.73 Å². The molecule has 1 radical (unpaired) electrons. The average molecular weight is 198 g/mol. The summed E-state index contributed by atoms with van der Waals surface area (Å²) in [6, 6.07) is 8.45. The van der Waals surface area contributed by atoms with Gasteiger partial charge in [-0.2, -0.15) is 10.5 Å². The van der Waals surface area contributed by atoms with E-state index in [-0.39, 0.29) is 0 Å². The second kappa shape index (κ2) is 4.78. The minimum atomic E-state index is -0.589. The van der Waals surface area contributed by atoms with Gasteiger partial charge in [0.25, 0.3) is 0 Å². The first-order valence-electron chi connectivity index (χ1n) is 4.23. The lowest BCUT2D eigenvalue weighted by Crippen LogP contribution is -2.14. The Morgan fingerprint density at radius 2 is 2.20 bits per heavy atom. The first-order chi connectivity index (χ1) is 7.19. The molecule has 0 spiro atoms. The summed E-state index contributed by atoms with van der Waals surface area (Å²) in [6.07, 6.45) is 1.72. The zero-order chi connectivity index (χ0) is 11.3. The maximum absolute atomic E-state index is 11.1. The summed E-state index contributed by atoms with van der Waals surface area (Å²) in [4.78, 5) is 11.1.